The molecule has 1 N–H and O–H groups in total. The first-order valence-corrected chi connectivity index (χ1v) is 4.84. The number of carboxylic acids is 1. The van der Waals surface area contributed by atoms with Gasteiger partial charge in [-0.2, -0.15) is 4.98 Å². The number of aromatic carboxylic acids is 1. The Morgan fingerprint density at radius 1 is 1.47 bits per heavy atom. The maximum Gasteiger partial charge on any atom is 0.377 e. The number of carboxylic acid groups (broad SMARTS) is 1. The van der Waals surface area contributed by atoms with Crippen LogP contribution in [0.3, 0.4) is 0 Å². The fourth-order valence-corrected chi connectivity index (χ4v) is 1.38. The number of ether oxygens (including phenoxy) is 1. The van der Waals surface area contributed by atoms with Gasteiger partial charge in [0, 0.05) is 5.56 Å². The van der Waals surface area contributed by atoms with Crippen molar-refractivity contribution < 1.29 is 19.2 Å². The summed E-state index contributed by atoms with van der Waals surface area (Å²) in [4.78, 5) is 14.4. The number of methoxy groups -OCH3 is 1. The molecule has 0 saturated heterocycles. The van der Waals surface area contributed by atoms with Crippen LogP contribution in [0.5, 0.6) is 5.75 Å². The van der Waals surface area contributed by atoms with Gasteiger partial charge in [0.2, 0.25) is 0 Å². The molecule has 88 valence electrons. The fourth-order valence-electron chi connectivity index (χ4n) is 1.38. The predicted octanol–water partition coefficient (Wildman–Crippen LogP) is 1.75. The van der Waals surface area contributed by atoms with Crippen LogP contribution in [0.15, 0.2) is 22.7 Å². The molecule has 2 aromatic rings. The molecule has 1 aromatic carbocycles. The Morgan fingerprint density at radius 2 is 2.24 bits per heavy atom. The highest BCUT2D eigenvalue weighted by molar-refractivity contribution is 5.83. The van der Waals surface area contributed by atoms with Crippen molar-refractivity contribution in [3.8, 4) is 17.2 Å². The first-order chi connectivity index (χ1) is 8.11. The lowest BCUT2D eigenvalue weighted by molar-refractivity contribution is 0.0680. The number of hydrogen-bond donors (Lipinski definition) is 1. The first kappa shape index (κ1) is 11.1. The minimum Gasteiger partial charge on any atom is -0.496 e. The zero-order chi connectivity index (χ0) is 12.4. The van der Waals surface area contributed by atoms with Crippen LogP contribution in [0.25, 0.3) is 11.5 Å². The molecule has 0 aliphatic carbocycles. The van der Waals surface area contributed by atoms with Crippen molar-refractivity contribution in [3.63, 3.8) is 0 Å². The number of aromatic nitrogens is 2. The van der Waals surface area contributed by atoms with Crippen LogP contribution < -0.4 is 4.74 Å². The second-order valence-corrected chi connectivity index (χ2v) is 3.41. The summed E-state index contributed by atoms with van der Waals surface area (Å²) in [5.41, 5.74) is 1.58. The predicted molar refractivity (Wildman–Crippen MR) is 58.0 cm³/mol. The van der Waals surface area contributed by atoms with Gasteiger partial charge in [0.05, 0.1) is 7.11 Å². The van der Waals surface area contributed by atoms with Crippen LogP contribution in [-0.2, 0) is 0 Å². The van der Waals surface area contributed by atoms with E-state index in [1.54, 1.807) is 19.2 Å². The Bertz CT molecular complexity index is 562. The third-order valence-corrected chi connectivity index (χ3v) is 2.27. The van der Waals surface area contributed by atoms with Crippen molar-refractivity contribution in [1.29, 1.82) is 0 Å². The van der Waals surface area contributed by atoms with E-state index in [0.717, 1.165) is 5.56 Å². The molecule has 0 fully saturated rings. The molecule has 6 heteroatoms. The lowest BCUT2D eigenvalue weighted by Gasteiger charge is -2.04. The summed E-state index contributed by atoms with van der Waals surface area (Å²) in [5.74, 6) is -0.753. The minimum absolute atomic E-state index is 0.153. The van der Waals surface area contributed by atoms with E-state index in [9.17, 15) is 4.79 Å². The lowest BCUT2D eigenvalue weighted by Crippen LogP contribution is -1.98. The van der Waals surface area contributed by atoms with Crippen molar-refractivity contribution >= 4 is 5.97 Å². The Morgan fingerprint density at radius 3 is 2.82 bits per heavy atom. The Hall–Kier alpha value is -2.37. The van der Waals surface area contributed by atoms with Crippen LogP contribution >= 0.6 is 0 Å². The minimum atomic E-state index is -1.22. The number of aryl methyl sites for hydroxylation is 1. The average Bonchev–Trinajstić information content (AvgIpc) is 2.79. The van der Waals surface area contributed by atoms with Gasteiger partial charge in [-0.1, -0.05) is 6.07 Å². The summed E-state index contributed by atoms with van der Waals surface area (Å²) in [6.07, 6.45) is 0. The fraction of sp³-hybridized carbons (Fsp3) is 0.182. The molecule has 0 atom stereocenters. The normalized spacial score (nSPS) is 10.2. The molecular formula is C11H10N2O4. The van der Waals surface area contributed by atoms with E-state index in [1.165, 1.54) is 0 Å². The molecule has 0 saturated carbocycles. The van der Waals surface area contributed by atoms with E-state index < -0.39 is 5.97 Å². The molecule has 0 amide bonds. The number of nitrogens with zero attached hydrogens (tertiary/aromatic N) is 2. The SMILES string of the molecule is COc1cc(-c2nc(C(=O)O)no2)ccc1C. The highest BCUT2D eigenvalue weighted by Crippen LogP contribution is 2.25. The maximum absolute atomic E-state index is 10.6. The Kier molecular flexibility index (Phi) is 2.78. The highest BCUT2D eigenvalue weighted by atomic mass is 16.5. The van der Waals surface area contributed by atoms with Crippen LogP contribution in [-0.4, -0.2) is 28.3 Å². The van der Waals surface area contributed by atoms with Crippen LogP contribution in [0.1, 0.15) is 16.2 Å². The average molecular weight is 234 g/mol. The van der Waals surface area contributed by atoms with Gasteiger partial charge in [0.15, 0.2) is 0 Å². The molecule has 1 heterocycles. The summed E-state index contributed by atoms with van der Waals surface area (Å²) in [6.45, 7) is 1.90. The Labute approximate surface area is 96.8 Å². The molecule has 2 rings (SSSR count). The second kappa shape index (κ2) is 4.25. The van der Waals surface area contributed by atoms with Gasteiger partial charge < -0.3 is 14.4 Å². The van der Waals surface area contributed by atoms with Gasteiger partial charge in [0.25, 0.3) is 11.7 Å². The summed E-state index contributed by atoms with van der Waals surface area (Å²) in [7, 11) is 1.56. The number of rotatable bonds is 3. The summed E-state index contributed by atoms with van der Waals surface area (Å²) >= 11 is 0. The monoisotopic (exact) mass is 234 g/mol. The zero-order valence-corrected chi connectivity index (χ0v) is 9.30. The molecule has 0 bridgehead atoms. The van der Waals surface area contributed by atoms with E-state index in [2.05, 4.69) is 10.1 Å². The van der Waals surface area contributed by atoms with E-state index in [1.807, 2.05) is 13.0 Å². The Balaban J connectivity index is 2.42. The van der Waals surface area contributed by atoms with Crippen molar-refractivity contribution in [1.82, 2.24) is 10.1 Å². The molecule has 6 nitrogen and oxygen atoms in total. The lowest BCUT2D eigenvalue weighted by atomic mass is 10.1. The first-order valence-electron chi connectivity index (χ1n) is 4.84. The molecule has 1 aromatic heterocycles. The maximum atomic E-state index is 10.6. The number of carbonyl (C=O) groups is 1. The zero-order valence-electron chi connectivity index (χ0n) is 9.30. The quantitative estimate of drug-likeness (QED) is 0.870. The van der Waals surface area contributed by atoms with E-state index >= 15 is 0 Å². The number of benzene rings is 1. The standard InChI is InChI=1S/C11H10N2O4/c1-6-3-4-7(5-8(6)16-2)10-12-9(11(14)15)13-17-10/h3-5H,1-2H3,(H,14,15). The topological polar surface area (TPSA) is 85.5 Å². The van der Waals surface area contributed by atoms with Crippen molar-refractivity contribution in [2.75, 3.05) is 7.11 Å². The molecule has 0 unspecified atom stereocenters. The van der Waals surface area contributed by atoms with Gasteiger partial charge >= 0.3 is 5.97 Å². The van der Waals surface area contributed by atoms with Gasteiger partial charge in [-0.3, -0.25) is 0 Å². The molecule has 17 heavy (non-hydrogen) atoms. The summed E-state index contributed by atoms with van der Waals surface area (Å²) in [5, 5.41) is 12.0. The largest absolute Gasteiger partial charge is 0.496 e. The molecule has 0 spiro atoms. The van der Waals surface area contributed by atoms with Crippen molar-refractivity contribution in [3.05, 3.63) is 29.6 Å². The third-order valence-electron chi connectivity index (χ3n) is 2.27. The van der Waals surface area contributed by atoms with Gasteiger partial charge in [-0.25, -0.2) is 4.79 Å². The second-order valence-electron chi connectivity index (χ2n) is 3.41. The molecular weight excluding hydrogens is 224 g/mol. The van der Waals surface area contributed by atoms with Crippen LogP contribution in [0.2, 0.25) is 0 Å². The summed E-state index contributed by atoms with van der Waals surface area (Å²) in [6, 6.07) is 5.31. The van der Waals surface area contributed by atoms with E-state index in [-0.39, 0.29) is 11.7 Å². The van der Waals surface area contributed by atoms with Crippen molar-refractivity contribution in [2.45, 2.75) is 6.92 Å². The molecule has 0 radical (unpaired) electrons. The van der Waals surface area contributed by atoms with E-state index in [0.29, 0.717) is 11.3 Å². The third kappa shape index (κ3) is 2.10. The van der Waals surface area contributed by atoms with Crippen molar-refractivity contribution in [2.24, 2.45) is 0 Å². The van der Waals surface area contributed by atoms with Gasteiger partial charge in [-0.05, 0) is 29.8 Å². The smallest absolute Gasteiger partial charge is 0.377 e. The van der Waals surface area contributed by atoms with E-state index in [4.69, 9.17) is 14.4 Å². The van der Waals surface area contributed by atoms with Crippen LogP contribution in [0.4, 0.5) is 0 Å². The highest BCUT2D eigenvalue weighted by Gasteiger charge is 2.15. The van der Waals surface area contributed by atoms with Gasteiger partial charge in [-0.15, -0.1) is 0 Å². The molecule has 0 aliphatic rings. The van der Waals surface area contributed by atoms with Gasteiger partial charge in [0.1, 0.15) is 5.75 Å². The number of hydrogen-bond acceptors (Lipinski definition) is 5. The molecule has 0 aliphatic heterocycles. The summed E-state index contributed by atoms with van der Waals surface area (Å²) < 4.78 is 10.0. The van der Waals surface area contributed by atoms with Crippen LogP contribution in [0, 0.1) is 6.92 Å².